The fraction of sp³-hybridized carbons (Fsp3) is 0.469. The first kappa shape index (κ1) is 26.6. The number of pyridine rings is 1. The number of aromatic nitrogens is 1. The number of ether oxygens (including phenoxy) is 1. The second-order valence-corrected chi connectivity index (χ2v) is 11.2. The molecule has 2 saturated heterocycles. The Balaban J connectivity index is 1.46. The van der Waals surface area contributed by atoms with Gasteiger partial charge in [-0.25, -0.2) is 9.37 Å². The molecule has 0 aliphatic carbocycles. The molecule has 2 fully saturated rings. The van der Waals surface area contributed by atoms with Crippen LogP contribution in [-0.2, 0) is 6.54 Å². The zero-order chi connectivity index (χ0) is 26.8. The van der Waals surface area contributed by atoms with Crippen LogP contribution >= 0.6 is 0 Å². The molecule has 202 valence electrons. The number of hydrogen-bond donors (Lipinski definition) is 0. The van der Waals surface area contributed by atoms with E-state index >= 15 is 0 Å². The predicted octanol–water partition coefficient (Wildman–Crippen LogP) is 6.50. The van der Waals surface area contributed by atoms with Crippen molar-refractivity contribution in [3.63, 3.8) is 0 Å². The Morgan fingerprint density at radius 2 is 1.76 bits per heavy atom. The summed E-state index contributed by atoms with van der Waals surface area (Å²) in [6, 6.07) is 18.4. The molecule has 1 aromatic heterocycles. The summed E-state index contributed by atoms with van der Waals surface area (Å²) in [5.41, 5.74) is 5.87. The van der Waals surface area contributed by atoms with Gasteiger partial charge in [-0.05, 0) is 80.7 Å². The highest BCUT2D eigenvalue weighted by atomic mass is 19.1. The highest BCUT2D eigenvalue weighted by Gasteiger charge is 2.32. The maximum absolute atomic E-state index is 13.7. The molecule has 6 heteroatoms. The van der Waals surface area contributed by atoms with E-state index in [1.165, 1.54) is 17.5 Å². The number of anilines is 1. The van der Waals surface area contributed by atoms with Gasteiger partial charge >= 0.3 is 0 Å². The third kappa shape index (κ3) is 5.57. The van der Waals surface area contributed by atoms with Crippen molar-refractivity contribution in [1.29, 1.82) is 0 Å². The number of rotatable bonds is 7. The number of benzene rings is 2. The molecular weight excluding hydrogens is 475 g/mol. The Hall–Kier alpha value is -2.96. The standard InChI is InChI=1S/C32H41FN4O/c1-22(2)31-28(25-10-12-26(33)13-11-25)19-29(30-7-6-16-35(30)4)32(34-31)37-18-17-36(23(3)20-37)21-24-8-14-27(38-5)15-9-24/h8-15,19,22-23,30H,6-7,16-18,20-21H2,1-5H3/t23?,30-/m1/s1. The van der Waals surface area contributed by atoms with Crippen molar-refractivity contribution in [3.05, 3.63) is 77.2 Å². The predicted molar refractivity (Wildman–Crippen MR) is 153 cm³/mol. The molecule has 0 amide bonds. The van der Waals surface area contributed by atoms with Gasteiger partial charge in [0.2, 0.25) is 0 Å². The smallest absolute Gasteiger partial charge is 0.133 e. The summed E-state index contributed by atoms with van der Waals surface area (Å²) in [7, 11) is 3.93. The molecule has 2 aliphatic rings. The minimum atomic E-state index is -0.207. The monoisotopic (exact) mass is 516 g/mol. The first-order valence-corrected chi connectivity index (χ1v) is 14.0. The summed E-state index contributed by atoms with van der Waals surface area (Å²) >= 11 is 0. The second kappa shape index (κ2) is 11.4. The van der Waals surface area contributed by atoms with Crippen LogP contribution in [0, 0.1) is 5.82 Å². The van der Waals surface area contributed by atoms with Crippen LogP contribution in [0.1, 0.15) is 62.4 Å². The van der Waals surface area contributed by atoms with E-state index in [1.54, 1.807) is 19.2 Å². The van der Waals surface area contributed by atoms with Gasteiger partial charge in [-0.15, -0.1) is 0 Å². The van der Waals surface area contributed by atoms with E-state index in [4.69, 9.17) is 9.72 Å². The zero-order valence-electron chi connectivity index (χ0n) is 23.5. The van der Waals surface area contributed by atoms with Crippen molar-refractivity contribution in [3.8, 4) is 16.9 Å². The molecule has 38 heavy (non-hydrogen) atoms. The van der Waals surface area contributed by atoms with Crippen LogP contribution in [0.2, 0.25) is 0 Å². The lowest BCUT2D eigenvalue weighted by Crippen LogP contribution is -2.52. The Morgan fingerprint density at radius 1 is 1.03 bits per heavy atom. The molecule has 3 aromatic rings. The van der Waals surface area contributed by atoms with Crippen LogP contribution in [0.3, 0.4) is 0 Å². The maximum Gasteiger partial charge on any atom is 0.133 e. The first-order valence-electron chi connectivity index (χ1n) is 14.0. The maximum atomic E-state index is 13.7. The van der Waals surface area contributed by atoms with Crippen LogP contribution in [0.4, 0.5) is 10.2 Å². The van der Waals surface area contributed by atoms with Gasteiger partial charge < -0.3 is 9.64 Å². The quantitative estimate of drug-likeness (QED) is 0.358. The van der Waals surface area contributed by atoms with E-state index in [-0.39, 0.29) is 11.7 Å². The average Bonchev–Trinajstić information content (AvgIpc) is 3.35. The van der Waals surface area contributed by atoms with Crippen LogP contribution in [0.25, 0.3) is 11.1 Å². The summed E-state index contributed by atoms with van der Waals surface area (Å²) in [6.45, 7) is 11.7. The topological polar surface area (TPSA) is 31.8 Å². The molecule has 1 unspecified atom stereocenters. The molecule has 0 spiro atoms. The van der Waals surface area contributed by atoms with Gasteiger partial charge in [0.05, 0.1) is 12.8 Å². The van der Waals surface area contributed by atoms with Gasteiger partial charge in [-0.3, -0.25) is 9.80 Å². The van der Waals surface area contributed by atoms with E-state index < -0.39 is 0 Å². The number of nitrogens with zero attached hydrogens (tertiary/aromatic N) is 4. The van der Waals surface area contributed by atoms with E-state index in [9.17, 15) is 4.39 Å². The molecule has 0 saturated carbocycles. The minimum absolute atomic E-state index is 0.207. The molecule has 0 bridgehead atoms. The third-order valence-electron chi connectivity index (χ3n) is 8.25. The van der Waals surface area contributed by atoms with Crippen molar-refractivity contribution in [1.82, 2.24) is 14.8 Å². The number of likely N-dealkylation sites (tertiary alicyclic amines) is 1. The minimum Gasteiger partial charge on any atom is -0.497 e. The lowest BCUT2D eigenvalue weighted by atomic mass is 9.93. The van der Waals surface area contributed by atoms with Gasteiger partial charge in [0.1, 0.15) is 17.4 Å². The normalized spacial score (nSPS) is 20.9. The highest BCUT2D eigenvalue weighted by molar-refractivity contribution is 5.71. The summed E-state index contributed by atoms with van der Waals surface area (Å²) in [5, 5.41) is 0. The molecule has 5 rings (SSSR count). The van der Waals surface area contributed by atoms with Crippen molar-refractivity contribution in [2.45, 2.75) is 58.2 Å². The lowest BCUT2D eigenvalue weighted by molar-refractivity contribution is 0.180. The molecule has 0 N–H and O–H groups in total. The summed E-state index contributed by atoms with van der Waals surface area (Å²) in [5.74, 6) is 2.08. The second-order valence-electron chi connectivity index (χ2n) is 11.2. The van der Waals surface area contributed by atoms with E-state index in [0.717, 1.165) is 67.5 Å². The molecule has 2 aromatic carbocycles. The largest absolute Gasteiger partial charge is 0.497 e. The average molecular weight is 517 g/mol. The Bertz CT molecular complexity index is 1230. The summed E-state index contributed by atoms with van der Waals surface area (Å²) < 4.78 is 19.1. The lowest BCUT2D eigenvalue weighted by Gasteiger charge is -2.42. The molecule has 2 aliphatic heterocycles. The summed E-state index contributed by atoms with van der Waals surface area (Å²) in [6.07, 6.45) is 2.34. The van der Waals surface area contributed by atoms with Gasteiger partial charge in [-0.1, -0.05) is 38.1 Å². The number of halogens is 1. The fourth-order valence-electron chi connectivity index (χ4n) is 6.02. The molecule has 5 nitrogen and oxygen atoms in total. The van der Waals surface area contributed by atoms with Crippen LogP contribution < -0.4 is 9.64 Å². The molecular formula is C32H41FN4O. The Labute approximate surface area is 227 Å². The van der Waals surface area contributed by atoms with Crippen LogP contribution in [0.15, 0.2) is 54.6 Å². The van der Waals surface area contributed by atoms with Gasteiger partial charge in [0.15, 0.2) is 0 Å². The van der Waals surface area contributed by atoms with Crippen LogP contribution in [-0.4, -0.2) is 61.2 Å². The van der Waals surface area contributed by atoms with Crippen molar-refractivity contribution in [2.75, 3.05) is 45.2 Å². The zero-order valence-corrected chi connectivity index (χ0v) is 23.5. The first-order chi connectivity index (χ1) is 18.3. The fourth-order valence-corrected chi connectivity index (χ4v) is 6.02. The van der Waals surface area contributed by atoms with Gasteiger partial charge in [0, 0.05) is 49.4 Å². The molecule has 2 atom stereocenters. The molecule has 3 heterocycles. The summed E-state index contributed by atoms with van der Waals surface area (Å²) in [4.78, 5) is 13.0. The number of hydrogen-bond acceptors (Lipinski definition) is 5. The number of piperazine rings is 1. The van der Waals surface area contributed by atoms with E-state index in [2.05, 4.69) is 60.7 Å². The van der Waals surface area contributed by atoms with Gasteiger partial charge in [-0.2, -0.15) is 0 Å². The van der Waals surface area contributed by atoms with E-state index in [1.807, 2.05) is 24.3 Å². The third-order valence-corrected chi connectivity index (χ3v) is 8.25. The Kier molecular flexibility index (Phi) is 8.01. The van der Waals surface area contributed by atoms with Crippen molar-refractivity contribution >= 4 is 5.82 Å². The van der Waals surface area contributed by atoms with E-state index in [0.29, 0.717) is 12.1 Å². The number of methoxy groups -OCH3 is 1. The molecule has 0 radical (unpaired) electrons. The SMILES string of the molecule is COc1ccc(CN2CCN(c3nc(C(C)C)c(-c4ccc(F)cc4)cc3[C@H]3CCCN3C)CC2C)cc1. The van der Waals surface area contributed by atoms with Crippen molar-refractivity contribution in [2.24, 2.45) is 0 Å². The van der Waals surface area contributed by atoms with Gasteiger partial charge in [0.25, 0.3) is 0 Å². The van der Waals surface area contributed by atoms with Crippen LogP contribution in [0.5, 0.6) is 5.75 Å². The highest BCUT2D eigenvalue weighted by Crippen LogP contribution is 2.41. The van der Waals surface area contributed by atoms with Crippen molar-refractivity contribution < 1.29 is 9.13 Å². The Morgan fingerprint density at radius 3 is 2.37 bits per heavy atom.